The van der Waals surface area contributed by atoms with Gasteiger partial charge in [-0.25, -0.2) is 4.98 Å². The zero-order valence-corrected chi connectivity index (χ0v) is 10.5. The van der Waals surface area contributed by atoms with Gasteiger partial charge >= 0.3 is 0 Å². The third kappa shape index (κ3) is 1.87. The van der Waals surface area contributed by atoms with Crippen molar-refractivity contribution in [1.82, 2.24) is 9.97 Å². The van der Waals surface area contributed by atoms with Gasteiger partial charge in [0.05, 0.1) is 10.9 Å². The predicted octanol–water partition coefficient (Wildman–Crippen LogP) is 2.48. The predicted molar refractivity (Wildman–Crippen MR) is 76.9 cm³/mol. The highest BCUT2D eigenvalue weighted by atomic mass is 16.1. The van der Waals surface area contributed by atoms with Gasteiger partial charge in [-0.2, -0.15) is 0 Å². The van der Waals surface area contributed by atoms with Crippen LogP contribution in [-0.2, 0) is 0 Å². The number of anilines is 1. The maximum atomic E-state index is 12.0. The zero-order chi connectivity index (χ0) is 13.4. The molecule has 0 amide bonds. The van der Waals surface area contributed by atoms with E-state index in [1.807, 2.05) is 43.3 Å². The monoisotopic (exact) mass is 251 g/mol. The minimum Gasteiger partial charge on any atom is -0.398 e. The minimum atomic E-state index is -0.137. The van der Waals surface area contributed by atoms with Gasteiger partial charge in [0, 0.05) is 11.3 Å². The van der Waals surface area contributed by atoms with E-state index in [0.717, 1.165) is 11.1 Å². The van der Waals surface area contributed by atoms with E-state index in [-0.39, 0.29) is 5.56 Å². The molecule has 0 saturated heterocycles. The Bertz CT molecular complexity index is 821. The highest BCUT2D eigenvalue weighted by molar-refractivity contribution is 5.80. The smallest absolute Gasteiger partial charge is 0.259 e. The SMILES string of the molecule is Cc1c(N)cccc1-c1nc2ccccc2c(=O)[nH]1. The third-order valence-electron chi connectivity index (χ3n) is 3.24. The highest BCUT2D eigenvalue weighted by Gasteiger charge is 2.08. The maximum Gasteiger partial charge on any atom is 0.259 e. The van der Waals surface area contributed by atoms with E-state index in [1.54, 1.807) is 6.07 Å². The minimum absolute atomic E-state index is 0.137. The molecule has 2 aromatic carbocycles. The summed E-state index contributed by atoms with van der Waals surface area (Å²) in [5.41, 5.74) is 8.89. The summed E-state index contributed by atoms with van der Waals surface area (Å²) in [6.07, 6.45) is 0. The number of hydrogen-bond donors (Lipinski definition) is 2. The number of H-pyrrole nitrogens is 1. The number of nitrogens with one attached hydrogen (secondary N) is 1. The lowest BCUT2D eigenvalue weighted by Gasteiger charge is -2.08. The molecule has 0 bridgehead atoms. The van der Waals surface area contributed by atoms with Crippen molar-refractivity contribution >= 4 is 16.6 Å². The van der Waals surface area contributed by atoms with Gasteiger partial charge in [-0.05, 0) is 30.7 Å². The first-order valence-electron chi connectivity index (χ1n) is 6.01. The van der Waals surface area contributed by atoms with E-state index in [4.69, 9.17) is 5.73 Å². The molecule has 3 aromatic rings. The largest absolute Gasteiger partial charge is 0.398 e. The van der Waals surface area contributed by atoms with Crippen molar-refractivity contribution in [3.05, 3.63) is 58.4 Å². The fourth-order valence-corrected chi connectivity index (χ4v) is 2.12. The van der Waals surface area contributed by atoms with E-state index < -0.39 is 0 Å². The number of aromatic amines is 1. The van der Waals surface area contributed by atoms with E-state index >= 15 is 0 Å². The Morgan fingerprint density at radius 2 is 1.89 bits per heavy atom. The Morgan fingerprint density at radius 3 is 2.74 bits per heavy atom. The average molecular weight is 251 g/mol. The molecule has 4 nitrogen and oxygen atoms in total. The molecule has 3 N–H and O–H groups in total. The molecule has 0 spiro atoms. The number of rotatable bonds is 1. The molecule has 1 heterocycles. The maximum absolute atomic E-state index is 12.0. The van der Waals surface area contributed by atoms with Crippen molar-refractivity contribution in [2.75, 3.05) is 5.73 Å². The summed E-state index contributed by atoms with van der Waals surface area (Å²) < 4.78 is 0. The number of nitrogen functional groups attached to an aromatic ring is 1. The molecule has 0 radical (unpaired) electrons. The molecule has 0 aliphatic carbocycles. The topological polar surface area (TPSA) is 71.8 Å². The highest BCUT2D eigenvalue weighted by Crippen LogP contribution is 2.24. The first-order chi connectivity index (χ1) is 9.16. The van der Waals surface area contributed by atoms with Gasteiger partial charge in [-0.3, -0.25) is 4.79 Å². The summed E-state index contributed by atoms with van der Waals surface area (Å²) in [5, 5.41) is 0.591. The molecule has 1 aromatic heterocycles. The molecular formula is C15H13N3O. The number of nitrogens with zero attached hydrogens (tertiary/aromatic N) is 1. The van der Waals surface area contributed by atoms with E-state index in [9.17, 15) is 4.79 Å². The van der Waals surface area contributed by atoms with Crippen LogP contribution in [-0.4, -0.2) is 9.97 Å². The Morgan fingerprint density at radius 1 is 1.11 bits per heavy atom. The second-order valence-corrected chi connectivity index (χ2v) is 4.45. The molecule has 0 aliphatic rings. The van der Waals surface area contributed by atoms with Gasteiger partial charge < -0.3 is 10.7 Å². The fraction of sp³-hybridized carbons (Fsp3) is 0.0667. The van der Waals surface area contributed by atoms with Gasteiger partial charge in [0.2, 0.25) is 0 Å². The molecule has 0 atom stereocenters. The van der Waals surface area contributed by atoms with Crippen molar-refractivity contribution in [3.8, 4) is 11.4 Å². The van der Waals surface area contributed by atoms with Crippen molar-refractivity contribution in [2.45, 2.75) is 6.92 Å². The number of benzene rings is 2. The lowest BCUT2D eigenvalue weighted by atomic mass is 10.1. The normalized spacial score (nSPS) is 10.8. The van der Waals surface area contributed by atoms with Crippen LogP contribution in [0.15, 0.2) is 47.3 Å². The molecule has 94 valence electrons. The van der Waals surface area contributed by atoms with Gasteiger partial charge in [0.25, 0.3) is 5.56 Å². The molecule has 0 unspecified atom stereocenters. The first-order valence-corrected chi connectivity index (χ1v) is 6.01. The average Bonchev–Trinajstić information content (AvgIpc) is 2.42. The van der Waals surface area contributed by atoms with E-state index in [0.29, 0.717) is 22.4 Å². The lowest BCUT2D eigenvalue weighted by Crippen LogP contribution is -2.10. The van der Waals surface area contributed by atoms with E-state index in [1.165, 1.54) is 0 Å². The quantitative estimate of drug-likeness (QED) is 0.653. The summed E-state index contributed by atoms with van der Waals surface area (Å²) in [6.45, 7) is 1.92. The molecule has 3 rings (SSSR count). The third-order valence-corrected chi connectivity index (χ3v) is 3.24. The van der Waals surface area contributed by atoms with Crippen LogP contribution >= 0.6 is 0 Å². The van der Waals surface area contributed by atoms with Gasteiger partial charge in [-0.1, -0.05) is 24.3 Å². The summed E-state index contributed by atoms with van der Waals surface area (Å²) in [5.74, 6) is 0.550. The molecule has 0 aliphatic heterocycles. The van der Waals surface area contributed by atoms with Crippen LogP contribution in [0.3, 0.4) is 0 Å². The van der Waals surface area contributed by atoms with Gasteiger partial charge in [-0.15, -0.1) is 0 Å². The zero-order valence-electron chi connectivity index (χ0n) is 10.5. The molecule has 0 saturated carbocycles. The molecule has 19 heavy (non-hydrogen) atoms. The molecule has 4 heteroatoms. The molecule has 0 fully saturated rings. The molecular weight excluding hydrogens is 238 g/mol. The Balaban J connectivity index is 2.32. The van der Waals surface area contributed by atoms with Crippen LogP contribution in [0.2, 0.25) is 0 Å². The standard InChI is InChI=1S/C15H13N3O/c1-9-10(6-4-7-12(9)16)14-17-13-8-3-2-5-11(13)15(19)18-14/h2-8H,16H2,1H3,(H,17,18,19). The van der Waals surface area contributed by atoms with Gasteiger partial charge in [0.1, 0.15) is 5.82 Å². The second kappa shape index (κ2) is 4.24. The number of nitrogens with two attached hydrogens (primary N) is 1. The summed E-state index contributed by atoms with van der Waals surface area (Å²) in [7, 11) is 0. The Kier molecular flexibility index (Phi) is 2.56. The van der Waals surface area contributed by atoms with Gasteiger partial charge in [0.15, 0.2) is 0 Å². The van der Waals surface area contributed by atoms with Crippen LogP contribution < -0.4 is 11.3 Å². The van der Waals surface area contributed by atoms with Crippen LogP contribution in [0.1, 0.15) is 5.56 Å². The fourth-order valence-electron chi connectivity index (χ4n) is 2.12. The number of hydrogen-bond acceptors (Lipinski definition) is 3. The van der Waals surface area contributed by atoms with Crippen molar-refractivity contribution < 1.29 is 0 Å². The number of para-hydroxylation sites is 1. The van der Waals surface area contributed by atoms with Crippen LogP contribution in [0.5, 0.6) is 0 Å². The van der Waals surface area contributed by atoms with Crippen LogP contribution in [0, 0.1) is 6.92 Å². The number of aromatic nitrogens is 2. The Hall–Kier alpha value is -2.62. The number of fused-ring (bicyclic) bond motifs is 1. The van der Waals surface area contributed by atoms with Crippen molar-refractivity contribution in [3.63, 3.8) is 0 Å². The summed E-state index contributed by atoms with van der Waals surface area (Å²) >= 11 is 0. The van der Waals surface area contributed by atoms with Crippen LogP contribution in [0.4, 0.5) is 5.69 Å². The first kappa shape index (κ1) is 11.5. The summed E-state index contributed by atoms with van der Waals surface area (Å²) in [4.78, 5) is 19.4. The van der Waals surface area contributed by atoms with Crippen molar-refractivity contribution in [2.24, 2.45) is 0 Å². The summed E-state index contributed by atoms with van der Waals surface area (Å²) in [6, 6.07) is 12.9. The lowest BCUT2D eigenvalue weighted by molar-refractivity contribution is 1.17. The van der Waals surface area contributed by atoms with Crippen LogP contribution in [0.25, 0.3) is 22.3 Å². The Labute approximate surface area is 109 Å². The van der Waals surface area contributed by atoms with Crippen molar-refractivity contribution in [1.29, 1.82) is 0 Å². The van der Waals surface area contributed by atoms with E-state index in [2.05, 4.69) is 9.97 Å². The second-order valence-electron chi connectivity index (χ2n) is 4.45.